The molecule has 1 unspecified atom stereocenters. The summed E-state index contributed by atoms with van der Waals surface area (Å²) in [5, 5.41) is 3.73. The molecule has 2 heteroatoms. The maximum Gasteiger partial charge on any atom is 0.0451 e. The topological polar surface area (TPSA) is 15.3 Å². The molecule has 1 N–H and O–H groups in total. The van der Waals surface area contributed by atoms with Gasteiger partial charge in [0, 0.05) is 12.6 Å². The van der Waals surface area contributed by atoms with E-state index in [1.54, 1.807) is 0 Å². The van der Waals surface area contributed by atoms with Gasteiger partial charge in [-0.15, -0.1) is 0 Å². The summed E-state index contributed by atoms with van der Waals surface area (Å²) in [5.74, 6) is 0. The second-order valence-corrected chi connectivity index (χ2v) is 5.66. The first-order valence-corrected chi connectivity index (χ1v) is 8.24. The zero-order valence-corrected chi connectivity index (χ0v) is 13.8. The highest BCUT2D eigenvalue weighted by Gasteiger charge is 2.16. The van der Waals surface area contributed by atoms with Crippen molar-refractivity contribution in [3.63, 3.8) is 0 Å². The molecule has 0 heterocycles. The summed E-state index contributed by atoms with van der Waals surface area (Å²) in [6.07, 6.45) is 3.65. The third-order valence-corrected chi connectivity index (χ3v) is 3.73. The van der Waals surface area contributed by atoms with E-state index in [-0.39, 0.29) is 0 Å². The fourth-order valence-corrected chi connectivity index (χ4v) is 2.75. The van der Waals surface area contributed by atoms with E-state index in [2.05, 4.69) is 62.2 Å². The van der Waals surface area contributed by atoms with Crippen LogP contribution in [0.1, 0.15) is 57.2 Å². The highest BCUT2D eigenvalue weighted by molar-refractivity contribution is 5.29. The van der Waals surface area contributed by atoms with E-state index >= 15 is 0 Å². The smallest absolute Gasteiger partial charge is 0.0451 e. The summed E-state index contributed by atoms with van der Waals surface area (Å²) in [6, 6.07) is 9.24. The van der Waals surface area contributed by atoms with Crippen LogP contribution in [-0.2, 0) is 0 Å². The van der Waals surface area contributed by atoms with Gasteiger partial charge < -0.3 is 10.2 Å². The summed E-state index contributed by atoms with van der Waals surface area (Å²) in [4.78, 5) is 2.60. The number of nitrogens with zero attached hydrogens (tertiary/aromatic N) is 1. The maximum absolute atomic E-state index is 3.73. The van der Waals surface area contributed by atoms with Gasteiger partial charge in [0.05, 0.1) is 0 Å². The Morgan fingerprint density at radius 1 is 1.00 bits per heavy atom. The van der Waals surface area contributed by atoms with E-state index in [0.29, 0.717) is 6.04 Å². The van der Waals surface area contributed by atoms with Crippen LogP contribution in [0.5, 0.6) is 0 Å². The molecule has 1 aromatic rings. The van der Waals surface area contributed by atoms with Crippen molar-refractivity contribution in [1.82, 2.24) is 10.2 Å². The number of rotatable bonds is 10. The molecule has 0 aliphatic carbocycles. The molecule has 0 aromatic heterocycles. The Labute approximate surface area is 125 Å². The molecular formula is C18H32N2. The van der Waals surface area contributed by atoms with Gasteiger partial charge in [0.15, 0.2) is 0 Å². The molecule has 0 saturated heterocycles. The van der Waals surface area contributed by atoms with Crippen LogP contribution in [0, 0.1) is 6.92 Å². The van der Waals surface area contributed by atoms with Crippen LogP contribution >= 0.6 is 0 Å². The Kier molecular flexibility index (Phi) is 8.56. The first-order valence-electron chi connectivity index (χ1n) is 8.24. The van der Waals surface area contributed by atoms with E-state index in [1.165, 1.54) is 43.5 Å². The van der Waals surface area contributed by atoms with E-state index in [4.69, 9.17) is 0 Å². The highest BCUT2D eigenvalue weighted by atomic mass is 15.1. The Bertz CT molecular complexity index is 356. The van der Waals surface area contributed by atoms with Gasteiger partial charge >= 0.3 is 0 Å². The minimum Gasteiger partial charge on any atom is -0.309 e. The van der Waals surface area contributed by atoms with Crippen LogP contribution < -0.4 is 5.32 Å². The van der Waals surface area contributed by atoms with Gasteiger partial charge in [-0.05, 0) is 56.9 Å². The predicted octanol–water partition coefficient (Wildman–Crippen LogP) is 4.16. The average Bonchev–Trinajstić information content (AvgIpc) is 2.44. The fourth-order valence-electron chi connectivity index (χ4n) is 2.75. The lowest BCUT2D eigenvalue weighted by atomic mass is 10.0. The molecule has 0 spiro atoms. The molecule has 1 atom stereocenters. The minimum atomic E-state index is 0.453. The van der Waals surface area contributed by atoms with Crippen molar-refractivity contribution in [2.75, 3.05) is 26.2 Å². The van der Waals surface area contributed by atoms with E-state index < -0.39 is 0 Å². The van der Waals surface area contributed by atoms with Crippen molar-refractivity contribution < 1.29 is 0 Å². The van der Waals surface area contributed by atoms with Crippen molar-refractivity contribution in [2.24, 2.45) is 0 Å². The first kappa shape index (κ1) is 17.2. The van der Waals surface area contributed by atoms with Crippen LogP contribution in [0.2, 0.25) is 0 Å². The van der Waals surface area contributed by atoms with Crippen molar-refractivity contribution in [1.29, 1.82) is 0 Å². The van der Waals surface area contributed by atoms with E-state index in [9.17, 15) is 0 Å². The van der Waals surface area contributed by atoms with Gasteiger partial charge in [-0.2, -0.15) is 0 Å². The molecule has 114 valence electrons. The van der Waals surface area contributed by atoms with Crippen LogP contribution in [0.3, 0.4) is 0 Å². The SMILES string of the molecule is CCCNC(CN(CCC)CCC)c1ccccc1C. The first-order chi connectivity index (χ1) is 9.72. The molecule has 0 aliphatic heterocycles. The third kappa shape index (κ3) is 5.64. The number of benzene rings is 1. The Balaban J connectivity index is 2.80. The third-order valence-electron chi connectivity index (χ3n) is 3.73. The number of aryl methyl sites for hydroxylation is 1. The monoisotopic (exact) mass is 276 g/mol. The molecule has 0 radical (unpaired) electrons. The lowest BCUT2D eigenvalue weighted by Crippen LogP contribution is -2.36. The van der Waals surface area contributed by atoms with Gasteiger partial charge in [-0.25, -0.2) is 0 Å². The number of hydrogen-bond acceptors (Lipinski definition) is 2. The second-order valence-electron chi connectivity index (χ2n) is 5.66. The average molecular weight is 276 g/mol. The summed E-state index contributed by atoms with van der Waals surface area (Å²) >= 11 is 0. The van der Waals surface area contributed by atoms with Gasteiger partial charge in [0.1, 0.15) is 0 Å². The molecule has 0 amide bonds. The summed E-state index contributed by atoms with van der Waals surface area (Å²) < 4.78 is 0. The molecule has 1 aromatic carbocycles. The molecule has 0 saturated carbocycles. The molecule has 20 heavy (non-hydrogen) atoms. The van der Waals surface area contributed by atoms with Crippen molar-refractivity contribution >= 4 is 0 Å². The summed E-state index contributed by atoms with van der Waals surface area (Å²) in [6.45, 7) is 13.6. The zero-order valence-electron chi connectivity index (χ0n) is 13.8. The molecule has 0 bridgehead atoms. The van der Waals surface area contributed by atoms with Crippen LogP contribution in [0.25, 0.3) is 0 Å². The number of nitrogens with one attached hydrogen (secondary N) is 1. The lowest BCUT2D eigenvalue weighted by molar-refractivity contribution is 0.242. The Hall–Kier alpha value is -0.860. The standard InChI is InChI=1S/C18H32N2/c1-5-12-19-18(15-20(13-6-2)14-7-3)17-11-9-8-10-16(17)4/h8-11,18-19H,5-7,12-15H2,1-4H3. The van der Waals surface area contributed by atoms with Gasteiger partial charge in [-0.1, -0.05) is 45.0 Å². The highest BCUT2D eigenvalue weighted by Crippen LogP contribution is 2.19. The minimum absolute atomic E-state index is 0.453. The Morgan fingerprint density at radius 3 is 2.20 bits per heavy atom. The summed E-state index contributed by atoms with van der Waals surface area (Å²) in [7, 11) is 0. The van der Waals surface area contributed by atoms with Crippen molar-refractivity contribution in [3.05, 3.63) is 35.4 Å². The van der Waals surface area contributed by atoms with Crippen LogP contribution in [0.4, 0.5) is 0 Å². The molecule has 0 aliphatic rings. The quantitative estimate of drug-likeness (QED) is 0.690. The second kappa shape index (κ2) is 9.95. The van der Waals surface area contributed by atoms with Crippen molar-refractivity contribution in [3.8, 4) is 0 Å². The fraction of sp³-hybridized carbons (Fsp3) is 0.667. The largest absolute Gasteiger partial charge is 0.309 e. The Morgan fingerprint density at radius 2 is 1.65 bits per heavy atom. The maximum atomic E-state index is 3.73. The lowest BCUT2D eigenvalue weighted by Gasteiger charge is -2.29. The number of hydrogen-bond donors (Lipinski definition) is 1. The molecular weight excluding hydrogens is 244 g/mol. The van der Waals surface area contributed by atoms with Gasteiger partial charge in [0.2, 0.25) is 0 Å². The van der Waals surface area contributed by atoms with Gasteiger partial charge in [0.25, 0.3) is 0 Å². The molecule has 1 rings (SSSR count). The van der Waals surface area contributed by atoms with Crippen LogP contribution in [0.15, 0.2) is 24.3 Å². The van der Waals surface area contributed by atoms with E-state index in [0.717, 1.165) is 13.1 Å². The summed E-state index contributed by atoms with van der Waals surface area (Å²) in [5.41, 5.74) is 2.85. The van der Waals surface area contributed by atoms with Crippen LogP contribution in [-0.4, -0.2) is 31.1 Å². The predicted molar refractivity (Wildman–Crippen MR) is 89.2 cm³/mol. The van der Waals surface area contributed by atoms with E-state index in [1.807, 2.05) is 0 Å². The molecule has 0 fully saturated rings. The van der Waals surface area contributed by atoms with Crippen molar-refractivity contribution in [2.45, 2.75) is 53.0 Å². The normalized spacial score (nSPS) is 12.8. The zero-order chi connectivity index (χ0) is 14.8. The molecule has 2 nitrogen and oxygen atoms in total. The van der Waals surface area contributed by atoms with Gasteiger partial charge in [-0.3, -0.25) is 0 Å².